The molecule has 2 aliphatic heterocycles. The minimum Gasteiger partial charge on any atom is -0.335 e. The zero-order chi connectivity index (χ0) is 22.8. The van der Waals surface area contributed by atoms with Crippen LogP contribution >= 0.6 is 0 Å². The Morgan fingerprint density at radius 3 is 2.09 bits per heavy atom. The molecule has 5 rings (SSSR count). The number of amides is 2. The quantitative estimate of drug-likeness (QED) is 0.642. The average Bonchev–Trinajstić information content (AvgIpc) is 3.49. The van der Waals surface area contributed by atoms with Crippen molar-refractivity contribution in [3.63, 3.8) is 0 Å². The summed E-state index contributed by atoms with van der Waals surface area (Å²) in [7, 11) is -3.12. The van der Waals surface area contributed by atoms with Gasteiger partial charge in [0, 0.05) is 38.0 Å². The summed E-state index contributed by atoms with van der Waals surface area (Å²) < 4.78 is 26.1. The minimum absolute atomic E-state index is 0.0869. The van der Waals surface area contributed by atoms with Crippen molar-refractivity contribution in [2.45, 2.75) is 95.8 Å². The van der Waals surface area contributed by atoms with E-state index in [0.717, 1.165) is 57.8 Å². The Balaban J connectivity index is 1.31. The first-order valence-electron chi connectivity index (χ1n) is 12.7. The number of sulfonamides is 1. The maximum absolute atomic E-state index is 13.2. The van der Waals surface area contributed by atoms with Crippen molar-refractivity contribution in [1.29, 1.82) is 0 Å². The molecule has 7 nitrogen and oxygen atoms in total. The molecule has 0 aromatic heterocycles. The summed E-state index contributed by atoms with van der Waals surface area (Å²) in [5.41, 5.74) is 0. The van der Waals surface area contributed by atoms with Crippen LogP contribution in [0.3, 0.4) is 0 Å². The van der Waals surface area contributed by atoms with E-state index in [0.29, 0.717) is 36.8 Å². The fraction of sp³-hybridized carbons (Fsp3) is 0.917. The number of fused-ring (bicyclic) bond motifs is 2. The fourth-order valence-electron chi connectivity index (χ4n) is 7.72. The third-order valence-electron chi connectivity index (χ3n) is 9.25. The number of hydrogen-bond donors (Lipinski definition) is 0. The lowest BCUT2D eigenvalue weighted by atomic mass is 9.66. The summed E-state index contributed by atoms with van der Waals surface area (Å²) in [6, 6.07) is 0.577. The highest BCUT2D eigenvalue weighted by Crippen LogP contribution is 2.48. The van der Waals surface area contributed by atoms with Crippen LogP contribution in [0.1, 0.15) is 71.6 Å². The first kappa shape index (κ1) is 22.6. The number of nitrogens with zero attached hydrogens (tertiary/aromatic N) is 3. The Morgan fingerprint density at radius 2 is 1.47 bits per heavy atom. The summed E-state index contributed by atoms with van der Waals surface area (Å²) in [5.74, 6) is 2.32. The van der Waals surface area contributed by atoms with E-state index in [4.69, 9.17) is 0 Å². The molecule has 2 saturated heterocycles. The van der Waals surface area contributed by atoms with Crippen LogP contribution in [-0.2, 0) is 19.6 Å². The second-order valence-electron chi connectivity index (χ2n) is 11.3. The molecule has 6 unspecified atom stereocenters. The molecule has 0 N–H and O–H groups in total. The van der Waals surface area contributed by atoms with E-state index in [1.807, 2.05) is 0 Å². The molecule has 0 bridgehead atoms. The Kier molecular flexibility index (Phi) is 5.84. The van der Waals surface area contributed by atoms with E-state index in [1.165, 1.54) is 6.26 Å². The summed E-state index contributed by atoms with van der Waals surface area (Å²) in [4.78, 5) is 29.9. The van der Waals surface area contributed by atoms with Crippen LogP contribution in [0.4, 0.5) is 0 Å². The van der Waals surface area contributed by atoms with Crippen LogP contribution in [0, 0.1) is 23.7 Å². The zero-order valence-electron chi connectivity index (χ0n) is 19.8. The number of carbonyl (C=O) groups is 2. The van der Waals surface area contributed by atoms with Gasteiger partial charge in [-0.1, -0.05) is 0 Å². The average molecular weight is 466 g/mol. The molecule has 2 heterocycles. The lowest BCUT2D eigenvalue weighted by Gasteiger charge is -2.55. The summed E-state index contributed by atoms with van der Waals surface area (Å²) >= 11 is 0. The maximum Gasteiger partial charge on any atom is 0.226 e. The van der Waals surface area contributed by atoms with Crippen molar-refractivity contribution in [2.75, 3.05) is 19.3 Å². The van der Waals surface area contributed by atoms with Gasteiger partial charge in [0.05, 0.1) is 18.3 Å². The maximum atomic E-state index is 13.2. The third-order valence-corrected chi connectivity index (χ3v) is 10.6. The van der Waals surface area contributed by atoms with Gasteiger partial charge in [0.25, 0.3) is 0 Å². The van der Waals surface area contributed by atoms with Crippen molar-refractivity contribution in [3.05, 3.63) is 0 Å². The summed E-state index contributed by atoms with van der Waals surface area (Å²) in [6.07, 6.45) is 10.6. The molecule has 8 heteroatoms. The van der Waals surface area contributed by atoms with Gasteiger partial charge in [0.2, 0.25) is 21.8 Å². The van der Waals surface area contributed by atoms with Gasteiger partial charge in [-0.25, -0.2) is 8.42 Å². The van der Waals surface area contributed by atoms with E-state index in [2.05, 4.69) is 16.7 Å². The predicted molar refractivity (Wildman–Crippen MR) is 122 cm³/mol. The Labute approximate surface area is 192 Å². The van der Waals surface area contributed by atoms with Gasteiger partial charge in [-0.15, -0.1) is 0 Å². The van der Waals surface area contributed by atoms with E-state index < -0.39 is 10.0 Å². The Morgan fingerprint density at radius 1 is 0.812 bits per heavy atom. The largest absolute Gasteiger partial charge is 0.335 e. The molecule has 0 aromatic carbocycles. The van der Waals surface area contributed by atoms with Crippen molar-refractivity contribution in [2.24, 2.45) is 23.7 Å². The van der Waals surface area contributed by atoms with Crippen LogP contribution in [0.25, 0.3) is 0 Å². The van der Waals surface area contributed by atoms with Gasteiger partial charge in [-0.05, 0) is 82.5 Å². The Bertz CT molecular complexity index is 872. The molecular weight excluding hydrogens is 426 g/mol. The molecule has 32 heavy (non-hydrogen) atoms. The highest BCUT2D eigenvalue weighted by atomic mass is 32.2. The second kappa shape index (κ2) is 8.26. The molecule has 0 spiro atoms. The van der Waals surface area contributed by atoms with Gasteiger partial charge in [-0.2, -0.15) is 4.31 Å². The molecule has 180 valence electrons. The Hall–Kier alpha value is -1.15. The molecule has 7 atom stereocenters. The summed E-state index contributed by atoms with van der Waals surface area (Å²) in [6.45, 7) is 5.10. The minimum atomic E-state index is -3.12. The third kappa shape index (κ3) is 3.99. The SMILES string of the molecule is CC(=O)N1C2CCC(C3CCC4C(CCN4S(C)(=O)=O)C3)CC2N(C(=O)C2CC2)C[C@@H]1C. The molecular formula is C24H39N3O4S. The molecule has 5 aliphatic rings. The van der Waals surface area contributed by atoms with Crippen molar-refractivity contribution < 1.29 is 18.0 Å². The van der Waals surface area contributed by atoms with E-state index in [-0.39, 0.29) is 36.0 Å². The van der Waals surface area contributed by atoms with Crippen molar-refractivity contribution in [3.8, 4) is 0 Å². The van der Waals surface area contributed by atoms with Crippen LogP contribution in [0.2, 0.25) is 0 Å². The van der Waals surface area contributed by atoms with Crippen LogP contribution in [-0.4, -0.2) is 77.8 Å². The van der Waals surface area contributed by atoms with Gasteiger partial charge >= 0.3 is 0 Å². The lowest BCUT2D eigenvalue weighted by Crippen LogP contribution is -2.67. The van der Waals surface area contributed by atoms with E-state index in [1.54, 1.807) is 11.2 Å². The molecule has 2 amide bonds. The lowest BCUT2D eigenvalue weighted by molar-refractivity contribution is -0.155. The van der Waals surface area contributed by atoms with Crippen LogP contribution in [0.5, 0.6) is 0 Å². The predicted octanol–water partition coefficient (Wildman–Crippen LogP) is 2.46. The number of carbonyl (C=O) groups excluding carboxylic acids is 2. The van der Waals surface area contributed by atoms with Crippen molar-refractivity contribution >= 4 is 21.8 Å². The number of hydrogen-bond acceptors (Lipinski definition) is 4. The van der Waals surface area contributed by atoms with Crippen LogP contribution < -0.4 is 0 Å². The molecule has 5 fully saturated rings. The monoisotopic (exact) mass is 465 g/mol. The smallest absolute Gasteiger partial charge is 0.226 e. The van der Waals surface area contributed by atoms with Gasteiger partial charge < -0.3 is 9.80 Å². The van der Waals surface area contributed by atoms with Crippen LogP contribution in [0.15, 0.2) is 0 Å². The number of rotatable bonds is 3. The molecule has 3 saturated carbocycles. The first-order valence-corrected chi connectivity index (χ1v) is 14.6. The standard InChI is InChI=1S/C24H39N3O4S/c1-15-14-25(24(29)17-4-5-17)23-13-19(7-9-22(23)27(15)16(2)28)18-6-8-21-20(12-18)10-11-26(21)32(3,30)31/h15,17-23H,4-14H2,1-3H3/t15-,18?,19?,20?,21?,22?,23?/m0/s1. The van der Waals surface area contributed by atoms with Gasteiger partial charge in [-0.3, -0.25) is 9.59 Å². The van der Waals surface area contributed by atoms with E-state index in [9.17, 15) is 18.0 Å². The normalized spacial score (nSPS) is 40.7. The van der Waals surface area contributed by atoms with Gasteiger partial charge in [0.1, 0.15) is 0 Å². The van der Waals surface area contributed by atoms with Crippen molar-refractivity contribution in [1.82, 2.24) is 14.1 Å². The molecule has 3 aliphatic carbocycles. The summed E-state index contributed by atoms with van der Waals surface area (Å²) in [5, 5.41) is 0. The first-order chi connectivity index (χ1) is 15.1. The molecule has 0 radical (unpaired) electrons. The highest BCUT2D eigenvalue weighted by Gasteiger charge is 2.51. The highest BCUT2D eigenvalue weighted by molar-refractivity contribution is 7.88. The second-order valence-corrected chi connectivity index (χ2v) is 13.2. The fourth-order valence-corrected chi connectivity index (χ4v) is 8.93. The number of piperazine rings is 1. The zero-order valence-corrected chi connectivity index (χ0v) is 20.6. The van der Waals surface area contributed by atoms with E-state index >= 15 is 0 Å². The van der Waals surface area contributed by atoms with Gasteiger partial charge in [0.15, 0.2) is 0 Å². The topological polar surface area (TPSA) is 78.0 Å². The molecule has 0 aromatic rings.